The maximum atomic E-state index is 12.5. The Bertz CT molecular complexity index is 755. The molecule has 2 amide bonds. The van der Waals surface area contributed by atoms with Crippen molar-refractivity contribution in [3.8, 4) is 0 Å². The number of amides is 2. The van der Waals surface area contributed by atoms with E-state index in [1.165, 1.54) is 5.56 Å². The van der Waals surface area contributed by atoms with Crippen LogP contribution in [-0.4, -0.2) is 31.1 Å². The third-order valence-corrected chi connectivity index (χ3v) is 4.67. The fraction of sp³-hybridized carbons (Fsp3) is 0.364. The van der Waals surface area contributed by atoms with Crippen molar-refractivity contribution < 1.29 is 14.3 Å². The summed E-state index contributed by atoms with van der Waals surface area (Å²) in [5.74, 6) is -0.268. The summed E-state index contributed by atoms with van der Waals surface area (Å²) in [6.07, 6.45) is 4.14. The molecule has 0 bridgehead atoms. The molecule has 1 fully saturated rings. The highest BCUT2D eigenvalue weighted by atomic mass is 16.5. The number of carbonyl (C=O) groups is 2. The highest BCUT2D eigenvalue weighted by molar-refractivity contribution is 6.03. The van der Waals surface area contributed by atoms with Gasteiger partial charge in [-0.2, -0.15) is 0 Å². The summed E-state index contributed by atoms with van der Waals surface area (Å²) in [7, 11) is 0. The standard InChI is InChI=1S/C22H26N2O3/c25-21(14-6-10-17-8-2-1-3-9-17)24-20-13-5-4-12-19(20)22(26)23-16-18-11-7-15-27-18/h1-5,8-9,12-13,18H,6-7,10-11,14-16H2,(H,23,26)(H,24,25)/t18-/m0/s1. The molecule has 0 unspecified atom stereocenters. The molecule has 2 N–H and O–H groups in total. The van der Waals surface area contributed by atoms with Gasteiger partial charge < -0.3 is 15.4 Å². The number of nitrogens with one attached hydrogen (secondary N) is 2. The van der Waals surface area contributed by atoms with Gasteiger partial charge in [0.25, 0.3) is 5.91 Å². The first-order valence-corrected chi connectivity index (χ1v) is 9.55. The lowest BCUT2D eigenvalue weighted by Gasteiger charge is -2.14. The Morgan fingerprint density at radius 3 is 2.59 bits per heavy atom. The molecule has 1 aliphatic heterocycles. The van der Waals surface area contributed by atoms with Crippen LogP contribution < -0.4 is 10.6 Å². The molecule has 2 aromatic rings. The van der Waals surface area contributed by atoms with Gasteiger partial charge in [0.1, 0.15) is 0 Å². The quantitative estimate of drug-likeness (QED) is 0.751. The second-order valence-electron chi connectivity index (χ2n) is 6.78. The summed E-state index contributed by atoms with van der Waals surface area (Å²) in [5.41, 5.74) is 2.25. The number of ether oxygens (including phenoxy) is 1. The molecule has 5 heteroatoms. The zero-order chi connectivity index (χ0) is 18.9. The van der Waals surface area contributed by atoms with Gasteiger partial charge in [0.15, 0.2) is 0 Å². The zero-order valence-electron chi connectivity index (χ0n) is 15.4. The highest BCUT2D eigenvalue weighted by Gasteiger charge is 2.18. The van der Waals surface area contributed by atoms with Crippen LogP contribution in [0.3, 0.4) is 0 Å². The van der Waals surface area contributed by atoms with Gasteiger partial charge in [0.05, 0.1) is 17.4 Å². The number of carbonyl (C=O) groups excluding carboxylic acids is 2. The molecule has 142 valence electrons. The zero-order valence-corrected chi connectivity index (χ0v) is 15.4. The third kappa shape index (κ3) is 5.93. The Labute approximate surface area is 160 Å². The Hall–Kier alpha value is -2.66. The molecule has 0 radical (unpaired) electrons. The van der Waals surface area contributed by atoms with Crippen molar-refractivity contribution >= 4 is 17.5 Å². The molecule has 1 aliphatic rings. The van der Waals surface area contributed by atoms with E-state index in [4.69, 9.17) is 4.74 Å². The number of aryl methyl sites for hydroxylation is 1. The van der Waals surface area contributed by atoms with E-state index >= 15 is 0 Å². The third-order valence-electron chi connectivity index (χ3n) is 4.67. The summed E-state index contributed by atoms with van der Waals surface area (Å²) >= 11 is 0. The van der Waals surface area contributed by atoms with Crippen molar-refractivity contribution in [2.24, 2.45) is 0 Å². The van der Waals surface area contributed by atoms with Crippen molar-refractivity contribution in [1.82, 2.24) is 5.32 Å². The minimum atomic E-state index is -0.189. The van der Waals surface area contributed by atoms with Crippen LogP contribution in [0.2, 0.25) is 0 Å². The molecule has 0 aromatic heterocycles. The predicted octanol–water partition coefficient (Wildman–Crippen LogP) is 3.56. The van der Waals surface area contributed by atoms with Crippen LogP contribution in [0, 0.1) is 0 Å². The fourth-order valence-corrected chi connectivity index (χ4v) is 3.21. The van der Waals surface area contributed by atoms with Crippen LogP contribution in [0.25, 0.3) is 0 Å². The molecule has 2 aromatic carbocycles. The van der Waals surface area contributed by atoms with Crippen molar-refractivity contribution in [3.05, 3.63) is 65.7 Å². The highest BCUT2D eigenvalue weighted by Crippen LogP contribution is 2.17. The molecule has 5 nitrogen and oxygen atoms in total. The smallest absolute Gasteiger partial charge is 0.253 e. The molecule has 27 heavy (non-hydrogen) atoms. The van der Waals surface area contributed by atoms with Crippen molar-refractivity contribution in [2.75, 3.05) is 18.5 Å². The van der Waals surface area contributed by atoms with Crippen molar-refractivity contribution in [1.29, 1.82) is 0 Å². The summed E-state index contributed by atoms with van der Waals surface area (Å²) in [5, 5.41) is 5.78. The van der Waals surface area contributed by atoms with Crippen LogP contribution in [0.1, 0.15) is 41.6 Å². The molecular weight excluding hydrogens is 340 g/mol. The van der Waals surface area contributed by atoms with E-state index in [0.29, 0.717) is 24.2 Å². The number of rotatable bonds is 8. The largest absolute Gasteiger partial charge is 0.376 e. The second kappa shape index (κ2) is 9.88. The lowest BCUT2D eigenvalue weighted by Crippen LogP contribution is -2.32. The van der Waals surface area contributed by atoms with E-state index in [0.717, 1.165) is 32.3 Å². The molecular formula is C22H26N2O3. The Balaban J connectivity index is 1.50. The monoisotopic (exact) mass is 366 g/mol. The van der Waals surface area contributed by atoms with E-state index in [2.05, 4.69) is 22.8 Å². The first-order valence-electron chi connectivity index (χ1n) is 9.55. The second-order valence-corrected chi connectivity index (χ2v) is 6.78. The van der Waals surface area contributed by atoms with Crippen LogP contribution in [0.4, 0.5) is 5.69 Å². The first-order chi connectivity index (χ1) is 13.2. The Morgan fingerprint density at radius 1 is 1.04 bits per heavy atom. The van der Waals surface area contributed by atoms with E-state index < -0.39 is 0 Å². The lowest BCUT2D eigenvalue weighted by molar-refractivity contribution is -0.116. The van der Waals surface area contributed by atoms with E-state index in [9.17, 15) is 9.59 Å². The Kier molecular flexibility index (Phi) is 6.99. The molecule has 1 heterocycles. The van der Waals surface area contributed by atoms with Crippen molar-refractivity contribution in [3.63, 3.8) is 0 Å². The molecule has 0 saturated carbocycles. The number of benzene rings is 2. The van der Waals surface area contributed by atoms with Gasteiger partial charge in [0.2, 0.25) is 5.91 Å². The summed E-state index contributed by atoms with van der Waals surface area (Å²) in [4.78, 5) is 24.8. The first kappa shape index (κ1) is 19.1. The number of anilines is 1. The molecule has 0 spiro atoms. The predicted molar refractivity (Wildman–Crippen MR) is 106 cm³/mol. The van der Waals surface area contributed by atoms with Crippen LogP contribution >= 0.6 is 0 Å². The van der Waals surface area contributed by atoms with Crippen LogP contribution in [-0.2, 0) is 16.0 Å². The van der Waals surface area contributed by atoms with Gasteiger partial charge in [-0.3, -0.25) is 9.59 Å². The minimum absolute atomic E-state index is 0.0784. The average Bonchev–Trinajstić information content (AvgIpc) is 3.21. The van der Waals surface area contributed by atoms with Gasteiger partial charge in [-0.05, 0) is 43.4 Å². The van der Waals surface area contributed by atoms with Gasteiger partial charge >= 0.3 is 0 Å². The van der Waals surface area contributed by atoms with Crippen molar-refractivity contribution in [2.45, 2.75) is 38.2 Å². The van der Waals surface area contributed by atoms with Crippen LogP contribution in [0.5, 0.6) is 0 Å². The summed E-state index contributed by atoms with van der Waals surface area (Å²) in [6.45, 7) is 1.26. The topological polar surface area (TPSA) is 67.4 Å². The van der Waals surface area contributed by atoms with Gasteiger partial charge in [-0.1, -0.05) is 42.5 Å². The van der Waals surface area contributed by atoms with Crippen LogP contribution in [0.15, 0.2) is 54.6 Å². The summed E-state index contributed by atoms with van der Waals surface area (Å²) in [6, 6.07) is 17.2. The number of hydrogen-bond donors (Lipinski definition) is 2. The normalized spacial score (nSPS) is 16.1. The van der Waals surface area contributed by atoms with E-state index in [-0.39, 0.29) is 17.9 Å². The van der Waals surface area contributed by atoms with Gasteiger partial charge in [-0.25, -0.2) is 0 Å². The number of hydrogen-bond acceptors (Lipinski definition) is 3. The van der Waals surface area contributed by atoms with E-state index in [1.54, 1.807) is 18.2 Å². The van der Waals surface area contributed by atoms with Gasteiger partial charge in [-0.15, -0.1) is 0 Å². The lowest BCUT2D eigenvalue weighted by atomic mass is 10.1. The Morgan fingerprint density at radius 2 is 1.81 bits per heavy atom. The number of para-hydroxylation sites is 1. The maximum absolute atomic E-state index is 12.5. The molecule has 1 atom stereocenters. The molecule has 3 rings (SSSR count). The van der Waals surface area contributed by atoms with E-state index in [1.807, 2.05) is 24.3 Å². The average molecular weight is 366 g/mol. The molecule has 1 saturated heterocycles. The minimum Gasteiger partial charge on any atom is -0.376 e. The summed E-state index contributed by atoms with van der Waals surface area (Å²) < 4.78 is 5.53. The fourth-order valence-electron chi connectivity index (χ4n) is 3.21. The van der Waals surface area contributed by atoms with Gasteiger partial charge in [0, 0.05) is 19.6 Å². The SMILES string of the molecule is O=C(CCCc1ccccc1)Nc1ccccc1C(=O)NC[C@@H]1CCCO1. The maximum Gasteiger partial charge on any atom is 0.253 e. The molecule has 0 aliphatic carbocycles.